The summed E-state index contributed by atoms with van der Waals surface area (Å²) in [5.74, 6) is 0.671. The molecule has 2 unspecified atom stereocenters. The van der Waals surface area contributed by atoms with Gasteiger partial charge in [-0.3, -0.25) is 4.90 Å². The van der Waals surface area contributed by atoms with E-state index in [0.29, 0.717) is 30.5 Å². The third kappa shape index (κ3) is 3.76. The van der Waals surface area contributed by atoms with Gasteiger partial charge in [0.05, 0.1) is 18.9 Å². The van der Waals surface area contributed by atoms with Gasteiger partial charge in [0, 0.05) is 38.3 Å². The van der Waals surface area contributed by atoms with Gasteiger partial charge < -0.3 is 9.26 Å². The average molecular weight is 343 g/mol. The smallest absolute Gasteiger partial charge is 0.221 e. The van der Waals surface area contributed by atoms with Gasteiger partial charge in [-0.1, -0.05) is 18.5 Å². The number of hydrogen-bond acceptors (Lipinski definition) is 6. The van der Waals surface area contributed by atoms with Gasteiger partial charge in [0.15, 0.2) is 5.76 Å². The van der Waals surface area contributed by atoms with Crippen LogP contribution in [0.4, 0.5) is 0 Å². The molecular weight excluding hydrogens is 318 g/mol. The summed E-state index contributed by atoms with van der Waals surface area (Å²) in [7, 11) is -3.37. The van der Waals surface area contributed by atoms with Gasteiger partial charge in [-0.15, -0.1) is 0 Å². The van der Waals surface area contributed by atoms with Gasteiger partial charge in [0.25, 0.3) is 0 Å². The molecule has 0 bridgehead atoms. The van der Waals surface area contributed by atoms with Crippen LogP contribution in [0.25, 0.3) is 0 Å². The summed E-state index contributed by atoms with van der Waals surface area (Å²) in [6.07, 6.45) is 0.982. The number of aromatic nitrogens is 1. The van der Waals surface area contributed by atoms with Crippen molar-refractivity contribution in [3.05, 3.63) is 17.5 Å². The molecule has 2 fully saturated rings. The van der Waals surface area contributed by atoms with Gasteiger partial charge >= 0.3 is 0 Å². The SMILES string of the molecule is CCC1CN(S(=O)(=O)Cc2cc(C)no2)CC1N1CCOCC1. The zero-order chi connectivity index (χ0) is 16.4. The zero-order valence-electron chi connectivity index (χ0n) is 13.8. The van der Waals surface area contributed by atoms with E-state index in [1.807, 2.05) is 0 Å². The molecule has 1 aromatic heterocycles. The van der Waals surface area contributed by atoms with Crippen LogP contribution in [0.1, 0.15) is 24.8 Å². The summed E-state index contributed by atoms with van der Waals surface area (Å²) >= 11 is 0. The van der Waals surface area contributed by atoms with Crippen LogP contribution < -0.4 is 0 Å². The average Bonchev–Trinajstić information content (AvgIpc) is 3.14. The molecule has 3 heterocycles. The number of sulfonamides is 1. The molecule has 1 aromatic rings. The van der Waals surface area contributed by atoms with Crippen molar-refractivity contribution < 1.29 is 17.7 Å². The van der Waals surface area contributed by atoms with Crippen LogP contribution in [0.3, 0.4) is 0 Å². The highest BCUT2D eigenvalue weighted by Gasteiger charge is 2.41. The molecule has 0 amide bonds. The van der Waals surface area contributed by atoms with Crippen molar-refractivity contribution in [1.82, 2.24) is 14.4 Å². The molecule has 0 aliphatic carbocycles. The summed E-state index contributed by atoms with van der Waals surface area (Å²) in [5.41, 5.74) is 0.703. The van der Waals surface area contributed by atoms with Crippen LogP contribution in [0, 0.1) is 12.8 Å². The van der Waals surface area contributed by atoms with Gasteiger partial charge in [0.2, 0.25) is 10.0 Å². The lowest BCUT2D eigenvalue weighted by atomic mass is 9.99. The Bertz CT molecular complexity index is 624. The molecule has 130 valence electrons. The quantitative estimate of drug-likeness (QED) is 0.789. The third-order valence-corrected chi connectivity index (χ3v) is 6.54. The van der Waals surface area contributed by atoms with E-state index in [-0.39, 0.29) is 11.8 Å². The van der Waals surface area contributed by atoms with Crippen LogP contribution in [0.5, 0.6) is 0 Å². The van der Waals surface area contributed by atoms with Crippen molar-refractivity contribution in [2.45, 2.75) is 32.1 Å². The fourth-order valence-electron chi connectivity index (χ4n) is 3.52. The minimum absolute atomic E-state index is 0.111. The van der Waals surface area contributed by atoms with Gasteiger partial charge in [0.1, 0.15) is 5.75 Å². The minimum atomic E-state index is -3.37. The molecule has 2 aliphatic rings. The Labute approximate surface area is 137 Å². The maximum atomic E-state index is 12.7. The summed E-state index contributed by atoms with van der Waals surface area (Å²) in [6, 6.07) is 1.97. The van der Waals surface area contributed by atoms with Crippen molar-refractivity contribution in [3.63, 3.8) is 0 Å². The van der Waals surface area contributed by atoms with Crippen molar-refractivity contribution in [2.75, 3.05) is 39.4 Å². The Morgan fingerprint density at radius 3 is 2.65 bits per heavy atom. The van der Waals surface area contributed by atoms with Crippen LogP contribution in [-0.2, 0) is 20.5 Å². The molecule has 7 nitrogen and oxygen atoms in total. The van der Waals surface area contributed by atoms with E-state index in [2.05, 4.69) is 17.0 Å². The number of rotatable bonds is 5. The molecule has 8 heteroatoms. The molecule has 0 saturated carbocycles. The summed E-state index contributed by atoms with van der Waals surface area (Å²) in [6.45, 7) is 8.31. The predicted octanol–water partition coefficient (Wildman–Crippen LogP) is 0.855. The van der Waals surface area contributed by atoms with Crippen LogP contribution in [0.2, 0.25) is 0 Å². The molecule has 3 rings (SSSR count). The minimum Gasteiger partial charge on any atom is -0.379 e. The summed E-state index contributed by atoms with van der Waals surface area (Å²) in [4.78, 5) is 2.38. The lowest BCUT2D eigenvalue weighted by Gasteiger charge is -2.34. The molecule has 0 aromatic carbocycles. The van der Waals surface area contributed by atoms with Crippen LogP contribution in [-0.4, -0.2) is 68.2 Å². The van der Waals surface area contributed by atoms with Gasteiger partial charge in [-0.2, -0.15) is 4.31 Å². The molecule has 2 saturated heterocycles. The molecule has 2 aliphatic heterocycles. The Kier molecular flexibility index (Phi) is 5.05. The van der Waals surface area contributed by atoms with Crippen LogP contribution >= 0.6 is 0 Å². The maximum Gasteiger partial charge on any atom is 0.221 e. The Morgan fingerprint density at radius 2 is 2.04 bits per heavy atom. The number of aryl methyl sites for hydroxylation is 1. The first-order valence-electron chi connectivity index (χ1n) is 8.21. The molecule has 2 atom stereocenters. The molecule has 0 radical (unpaired) electrons. The van der Waals surface area contributed by atoms with E-state index in [1.54, 1.807) is 17.3 Å². The first kappa shape index (κ1) is 16.9. The van der Waals surface area contributed by atoms with E-state index in [9.17, 15) is 8.42 Å². The number of morpholine rings is 1. The lowest BCUT2D eigenvalue weighted by molar-refractivity contribution is 0.0109. The van der Waals surface area contributed by atoms with Crippen LogP contribution in [0.15, 0.2) is 10.6 Å². The third-order valence-electron chi connectivity index (χ3n) is 4.81. The fourth-order valence-corrected chi connectivity index (χ4v) is 5.00. The van der Waals surface area contributed by atoms with E-state index in [0.717, 1.165) is 32.7 Å². The Balaban J connectivity index is 1.70. The predicted molar refractivity (Wildman–Crippen MR) is 85.4 cm³/mol. The molecular formula is C15H25N3O4S. The zero-order valence-corrected chi connectivity index (χ0v) is 14.6. The van der Waals surface area contributed by atoms with Gasteiger partial charge in [-0.25, -0.2) is 8.42 Å². The first-order chi connectivity index (χ1) is 11.0. The fraction of sp³-hybridized carbons (Fsp3) is 0.800. The van der Waals surface area contributed by atoms with Crippen molar-refractivity contribution in [2.24, 2.45) is 5.92 Å². The van der Waals surface area contributed by atoms with Gasteiger partial charge in [-0.05, 0) is 12.8 Å². The number of nitrogens with zero attached hydrogens (tertiary/aromatic N) is 3. The Hall–Kier alpha value is -0.960. The van der Waals surface area contributed by atoms with E-state index in [1.165, 1.54) is 0 Å². The van der Waals surface area contributed by atoms with E-state index < -0.39 is 10.0 Å². The second-order valence-electron chi connectivity index (χ2n) is 6.39. The molecule has 23 heavy (non-hydrogen) atoms. The van der Waals surface area contributed by atoms with E-state index >= 15 is 0 Å². The first-order valence-corrected chi connectivity index (χ1v) is 9.82. The Morgan fingerprint density at radius 1 is 1.30 bits per heavy atom. The normalized spacial score (nSPS) is 27.6. The topological polar surface area (TPSA) is 75.9 Å². The maximum absolute atomic E-state index is 12.7. The van der Waals surface area contributed by atoms with Crippen molar-refractivity contribution >= 4 is 10.0 Å². The van der Waals surface area contributed by atoms with Crippen molar-refractivity contribution in [3.8, 4) is 0 Å². The van der Waals surface area contributed by atoms with Crippen molar-refractivity contribution in [1.29, 1.82) is 0 Å². The highest BCUT2D eigenvalue weighted by atomic mass is 32.2. The second-order valence-corrected chi connectivity index (χ2v) is 8.36. The number of hydrogen-bond donors (Lipinski definition) is 0. The molecule has 0 spiro atoms. The summed E-state index contributed by atoms with van der Waals surface area (Å²) in [5, 5.41) is 3.77. The summed E-state index contributed by atoms with van der Waals surface area (Å²) < 4.78 is 37.5. The standard InChI is InChI=1S/C15H25N3O4S/c1-3-13-9-18(10-15(13)17-4-6-21-7-5-17)23(19,20)11-14-8-12(2)16-22-14/h8,13,15H,3-7,9-11H2,1-2H3. The lowest BCUT2D eigenvalue weighted by Crippen LogP contribution is -2.47. The highest BCUT2D eigenvalue weighted by molar-refractivity contribution is 7.88. The number of ether oxygens (including phenoxy) is 1. The molecule has 0 N–H and O–H groups in total. The monoisotopic (exact) mass is 343 g/mol. The largest absolute Gasteiger partial charge is 0.379 e. The van der Waals surface area contributed by atoms with E-state index in [4.69, 9.17) is 9.26 Å². The second kappa shape index (κ2) is 6.88. The highest BCUT2D eigenvalue weighted by Crippen LogP contribution is 2.28.